The van der Waals surface area contributed by atoms with E-state index in [0.717, 1.165) is 79.6 Å². The molecule has 0 spiro atoms. The number of carbonyl (C=O) groups is 1. The molecule has 0 unspecified atom stereocenters. The highest BCUT2D eigenvalue weighted by molar-refractivity contribution is 6.08. The van der Waals surface area contributed by atoms with Crippen LogP contribution in [0.25, 0.3) is 0 Å². The number of nitrogens with one attached hydrogen (secondary N) is 1. The molecule has 0 bridgehead atoms. The van der Waals surface area contributed by atoms with E-state index >= 15 is 0 Å². The maximum Gasteiger partial charge on any atom is 0.330 e. The Kier molecular flexibility index (Phi) is 14.9. The fourth-order valence-electron chi connectivity index (χ4n) is 7.11. The van der Waals surface area contributed by atoms with E-state index in [2.05, 4.69) is 15.3 Å². The summed E-state index contributed by atoms with van der Waals surface area (Å²) >= 11 is 0. The van der Waals surface area contributed by atoms with E-state index in [1.165, 1.54) is 4.68 Å². The predicted octanol–water partition coefficient (Wildman–Crippen LogP) is 1.21. The number of hydrogen-bond acceptors (Lipinski definition) is 14. The minimum Gasteiger partial charge on any atom is -0.494 e. The SMILES string of the molecule is NC[C@H]1O[C@@H](O[C@@H](Cn2cc(CCCCCCCCCCOc3ccc(C(=O)c4ccccc4)cc3)nn2)[C@H]2O[C@@H](n3ccc(=O)[nH]c3=O)[C@H](O)[C@@H]2O)[C@H](O)[C@@H]1O. The number of hydrogen-bond donors (Lipinski definition) is 6. The van der Waals surface area contributed by atoms with Crippen molar-refractivity contribution in [2.24, 2.45) is 5.73 Å². The number of ketones is 1. The molecule has 2 saturated heterocycles. The van der Waals surface area contributed by atoms with Gasteiger partial charge in [0, 0.05) is 36.1 Å². The predicted molar refractivity (Wildman–Crippen MR) is 204 cm³/mol. The molecule has 17 heteroatoms. The first-order valence-corrected chi connectivity index (χ1v) is 19.5. The zero-order valence-electron chi connectivity index (χ0n) is 31.6. The molecule has 17 nitrogen and oxygen atoms in total. The maximum absolute atomic E-state index is 12.6. The standard InChI is InChI=1S/C40H52N6O11/c41-22-29-33(49)36(52)39(55-29)56-30(37-34(50)35(51)38(57-37)46-20-19-31(47)42-40(46)53)24-45-23-27(43-44-45)14-10-5-3-1-2-4-6-11-21-54-28-17-15-26(16-18-28)32(48)25-12-8-7-9-13-25/h7-9,12-13,15-20,23,29-30,33-39,49-52H,1-6,10-11,14,21-22,24,41H2,(H,42,47,53)/t29-,30+,33-,34+,35-,36-,37-,38-,39+/m1/s1. The fourth-order valence-corrected chi connectivity index (χ4v) is 7.11. The summed E-state index contributed by atoms with van der Waals surface area (Å²) < 4.78 is 25.9. The molecular weight excluding hydrogens is 740 g/mol. The van der Waals surface area contributed by atoms with Crippen LogP contribution in [0.1, 0.15) is 79.2 Å². The first-order valence-electron chi connectivity index (χ1n) is 19.5. The van der Waals surface area contributed by atoms with Crippen LogP contribution in [0.4, 0.5) is 0 Å². The van der Waals surface area contributed by atoms with E-state index in [1.807, 2.05) is 42.5 Å². The molecule has 7 N–H and O–H groups in total. The molecule has 0 radical (unpaired) electrons. The zero-order chi connectivity index (χ0) is 40.3. The number of aliphatic hydroxyl groups is 4. The number of unbranched alkanes of at least 4 members (excludes halogenated alkanes) is 7. The van der Waals surface area contributed by atoms with Gasteiger partial charge in [-0.05, 0) is 43.5 Å². The lowest BCUT2D eigenvalue weighted by molar-refractivity contribution is -0.223. The fraction of sp³-hybridized carbons (Fsp3) is 0.525. The van der Waals surface area contributed by atoms with Gasteiger partial charge in [-0.25, -0.2) is 9.48 Å². The van der Waals surface area contributed by atoms with Gasteiger partial charge in [-0.2, -0.15) is 0 Å². The molecular formula is C40H52N6O11. The second-order valence-electron chi connectivity index (χ2n) is 14.5. The van der Waals surface area contributed by atoms with E-state index < -0.39 is 66.5 Å². The Bertz CT molecular complexity index is 1970. The Labute approximate surface area is 329 Å². The average Bonchev–Trinajstić information content (AvgIpc) is 3.88. The summed E-state index contributed by atoms with van der Waals surface area (Å²) in [6.45, 7) is 0.488. The summed E-state index contributed by atoms with van der Waals surface area (Å²) in [5.41, 5.74) is 6.22. The van der Waals surface area contributed by atoms with Crippen molar-refractivity contribution in [1.29, 1.82) is 0 Å². The van der Waals surface area contributed by atoms with Crippen molar-refractivity contribution in [3.63, 3.8) is 0 Å². The van der Waals surface area contributed by atoms with Crippen molar-refractivity contribution in [3.05, 3.63) is 111 Å². The van der Waals surface area contributed by atoms with E-state index in [-0.39, 0.29) is 18.9 Å². The largest absolute Gasteiger partial charge is 0.494 e. The summed E-state index contributed by atoms with van der Waals surface area (Å²) in [5, 5.41) is 51.4. The Hall–Kier alpha value is -4.59. The Balaban J connectivity index is 0.909. The lowest BCUT2D eigenvalue weighted by atomic mass is 10.0. The van der Waals surface area contributed by atoms with Crippen LogP contribution >= 0.6 is 0 Å². The zero-order valence-corrected chi connectivity index (χ0v) is 31.6. The van der Waals surface area contributed by atoms with Gasteiger partial charge in [-0.1, -0.05) is 74.1 Å². The van der Waals surface area contributed by atoms with Crippen molar-refractivity contribution in [2.45, 2.75) is 120 Å². The van der Waals surface area contributed by atoms with Crippen LogP contribution in [0.5, 0.6) is 5.75 Å². The van der Waals surface area contributed by atoms with Gasteiger partial charge < -0.3 is 45.1 Å². The van der Waals surface area contributed by atoms with E-state index in [9.17, 15) is 34.8 Å². The van der Waals surface area contributed by atoms with Gasteiger partial charge in [0.1, 0.15) is 48.5 Å². The number of H-pyrrole nitrogens is 1. The normalized spacial score (nSPS) is 25.1. The summed E-state index contributed by atoms with van der Waals surface area (Å²) in [4.78, 5) is 38.7. The molecule has 2 aromatic carbocycles. The molecule has 4 heterocycles. The molecule has 308 valence electrons. The van der Waals surface area contributed by atoms with Gasteiger partial charge in [0.2, 0.25) is 0 Å². The molecule has 9 atom stereocenters. The third kappa shape index (κ3) is 10.9. The van der Waals surface area contributed by atoms with Crippen LogP contribution in [0.3, 0.4) is 0 Å². The molecule has 0 aliphatic carbocycles. The van der Waals surface area contributed by atoms with Crippen LogP contribution in [-0.2, 0) is 27.2 Å². The van der Waals surface area contributed by atoms with Crippen LogP contribution in [0, 0.1) is 0 Å². The van der Waals surface area contributed by atoms with Gasteiger partial charge >= 0.3 is 5.69 Å². The molecule has 2 fully saturated rings. The third-order valence-electron chi connectivity index (χ3n) is 10.3. The lowest BCUT2D eigenvalue weighted by Crippen LogP contribution is -2.46. The van der Waals surface area contributed by atoms with E-state index in [0.29, 0.717) is 24.2 Å². The van der Waals surface area contributed by atoms with Crippen LogP contribution < -0.4 is 21.7 Å². The number of ether oxygens (including phenoxy) is 4. The first-order chi connectivity index (χ1) is 27.6. The highest BCUT2D eigenvalue weighted by Crippen LogP contribution is 2.33. The maximum atomic E-state index is 12.6. The molecule has 2 aliphatic rings. The number of benzene rings is 2. The number of aromatic amines is 1. The molecule has 57 heavy (non-hydrogen) atoms. The molecule has 0 amide bonds. The minimum absolute atomic E-state index is 0.00823. The van der Waals surface area contributed by atoms with Crippen molar-refractivity contribution in [3.8, 4) is 5.75 Å². The highest BCUT2D eigenvalue weighted by atomic mass is 16.7. The number of rotatable bonds is 21. The molecule has 6 rings (SSSR count). The van der Waals surface area contributed by atoms with Gasteiger partial charge in [0.05, 0.1) is 18.8 Å². The van der Waals surface area contributed by atoms with Crippen LogP contribution in [-0.4, -0.2) is 113 Å². The van der Waals surface area contributed by atoms with E-state index in [4.69, 9.17) is 24.7 Å². The van der Waals surface area contributed by atoms with Gasteiger partial charge in [0.15, 0.2) is 18.3 Å². The quantitative estimate of drug-likeness (QED) is 0.0513. The van der Waals surface area contributed by atoms with E-state index in [1.54, 1.807) is 18.3 Å². The molecule has 2 aromatic heterocycles. The van der Waals surface area contributed by atoms with Gasteiger partial charge in [0.25, 0.3) is 5.56 Å². The Morgan fingerprint density at radius 2 is 1.51 bits per heavy atom. The second-order valence-corrected chi connectivity index (χ2v) is 14.5. The minimum atomic E-state index is -1.59. The Morgan fingerprint density at radius 3 is 2.19 bits per heavy atom. The summed E-state index contributed by atoms with van der Waals surface area (Å²) in [6.07, 6.45) is 0.102. The smallest absolute Gasteiger partial charge is 0.330 e. The monoisotopic (exact) mass is 792 g/mol. The van der Waals surface area contributed by atoms with Crippen LogP contribution in [0.15, 0.2) is 82.6 Å². The number of nitrogens with two attached hydrogens (primary N) is 1. The first kappa shape index (κ1) is 42.0. The molecule has 4 aromatic rings. The van der Waals surface area contributed by atoms with Crippen molar-refractivity contribution in [2.75, 3.05) is 13.2 Å². The molecule has 0 saturated carbocycles. The number of aromatic nitrogens is 5. The van der Waals surface area contributed by atoms with Crippen molar-refractivity contribution < 1.29 is 44.2 Å². The lowest BCUT2D eigenvalue weighted by Gasteiger charge is -2.29. The number of carbonyl (C=O) groups excluding carboxylic acids is 1. The number of aryl methyl sites for hydroxylation is 1. The summed E-state index contributed by atoms with van der Waals surface area (Å²) in [5.74, 6) is 0.747. The summed E-state index contributed by atoms with van der Waals surface area (Å²) in [7, 11) is 0. The van der Waals surface area contributed by atoms with Crippen molar-refractivity contribution >= 4 is 5.78 Å². The van der Waals surface area contributed by atoms with Crippen molar-refractivity contribution in [1.82, 2.24) is 24.5 Å². The van der Waals surface area contributed by atoms with Gasteiger partial charge in [-0.3, -0.25) is 19.1 Å². The van der Waals surface area contributed by atoms with Crippen LogP contribution in [0.2, 0.25) is 0 Å². The average molecular weight is 793 g/mol. The summed E-state index contributed by atoms with van der Waals surface area (Å²) in [6, 6.07) is 17.6. The number of nitrogens with zero attached hydrogens (tertiary/aromatic N) is 4. The van der Waals surface area contributed by atoms with Gasteiger partial charge in [-0.15, -0.1) is 5.10 Å². The molecule has 2 aliphatic heterocycles. The number of aliphatic hydroxyl groups excluding tert-OH is 4. The third-order valence-corrected chi connectivity index (χ3v) is 10.3. The topological polar surface area (TPSA) is 246 Å². The highest BCUT2D eigenvalue weighted by Gasteiger charge is 2.51. The second kappa shape index (κ2) is 20.2. The Morgan fingerprint density at radius 1 is 0.825 bits per heavy atom.